The van der Waals surface area contributed by atoms with E-state index in [0.29, 0.717) is 23.0 Å². The molecule has 10 N–H and O–H groups in total. The molecule has 1 aromatic carbocycles. The van der Waals surface area contributed by atoms with Gasteiger partial charge in [-0.3, -0.25) is 25.0 Å². The van der Waals surface area contributed by atoms with Crippen molar-refractivity contribution in [2.24, 2.45) is 11.5 Å². The van der Waals surface area contributed by atoms with Crippen LogP contribution in [0.15, 0.2) is 12.1 Å². The number of ether oxygens (including phenoxy) is 1. The third kappa shape index (κ3) is 8.19. The molecule has 6 unspecified atom stereocenters. The average Bonchev–Trinajstić information content (AvgIpc) is 2.80. The van der Waals surface area contributed by atoms with Crippen molar-refractivity contribution in [2.45, 2.75) is 69.3 Å². The lowest BCUT2D eigenvalue weighted by molar-refractivity contribution is -0.385. The molecule has 0 saturated carbocycles. The Bertz CT molecular complexity index is 934. The first-order chi connectivity index (χ1) is 17.0. The van der Waals surface area contributed by atoms with Crippen LogP contribution in [0.2, 0.25) is 0 Å². The van der Waals surface area contributed by atoms with Gasteiger partial charge in [-0.25, -0.2) is 0 Å². The number of hydrogen-bond acceptors (Lipinski definition) is 11. The second-order valence-corrected chi connectivity index (χ2v) is 9.64. The van der Waals surface area contributed by atoms with Gasteiger partial charge in [0, 0.05) is 24.1 Å². The quantitative estimate of drug-likeness (QED) is 0.0583. The highest BCUT2D eigenvalue weighted by Gasteiger charge is 2.33. The summed E-state index contributed by atoms with van der Waals surface area (Å²) < 4.78 is 6.13. The number of carbonyl (C=O) groups excluding carboxylic acids is 2. The van der Waals surface area contributed by atoms with Crippen LogP contribution in [0.25, 0.3) is 0 Å². The zero-order valence-corrected chi connectivity index (χ0v) is 21.9. The number of fused-ring (bicyclic) bond motifs is 1. The van der Waals surface area contributed by atoms with Gasteiger partial charge in [0.15, 0.2) is 0 Å². The maximum atomic E-state index is 13.1. The summed E-state index contributed by atoms with van der Waals surface area (Å²) in [6.07, 6.45) is -3.03. The van der Waals surface area contributed by atoms with Gasteiger partial charge in [0.05, 0.1) is 33.3 Å². The number of aliphatic hydroxyl groups excluding tert-OH is 3. The van der Waals surface area contributed by atoms with Crippen molar-refractivity contribution in [1.82, 2.24) is 16.0 Å². The molecule has 0 saturated heterocycles. The Balaban J connectivity index is 2.53. The number of nitro benzene ring substituents is 1. The normalized spacial score (nSPS) is 25.4. The highest BCUT2D eigenvalue weighted by atomic mass is 127. The molecule has 1 aliphatic heterocycles. The number of amides is 2. The van der Waals surface area contributed by atoms with Gasteiger partial charge in [0.25, 0.3) is 5.69 Å². The number of benzene rings is 1. The zero-order chi connectivity index (χ0) is 27.0. The molecular weight excluding hydrogens is 591 g/mol. The number of halogens is 1. The predicted octanol–water partition coefficient (Wildman–Crippen LogP) is -1.31. The van der Waals surface area contributed by atoms with E-state index in [1.165, 1.54) is 13.0 Å². The summed E-state index contributed by atoms with van der Waals surface area (Å²) in [7, 11) is 0. The average molecular weight is 624 g/mol. The van der Waals surface area contributed by atoms with E-state index in [2.05, 4.69) is 16.0 Å². The number of unbranched alkanes of at least 4 members (excludes halogenated alkanes) is 1. The Morgan fingerprint density at radius 2 is 1.94 bits per heavy atom. The Labute approximate surface area is 221 Å². The highest BCUT2D eigenvalue weighted by molar-refractivity contribution is 14.1. The molecule has 1 heterocycles. The number of nitrogens with zero attached hydrogens (tertiary/aromatic N) is 1. The molecule has 15 heteroatoms. The summed E-state index contributed by atoms with van der Waals surface area (Å²) in [5, 5.41) is 50.3. The fourth-order valence-electron chi connectivity index (χ4n) is 3.67. The summed E-state index contributed by atoms with van der Waals surface area (Å²) >= 11 is 1.83. The summed E-state index contributed by atoms with van der Waals surface area (Å²) in [5.41, 5.74) is 10.9. The van der Waals surface area contributed by atoms with Crippen LogP contribution in [-0.2, 0) is 9.59 Å². The van der Waals surface area contributed by atoms with E-state index in [9.17, 15) is 35.0 Å². The van der Waals surface area contributed by atoms with Crippen molar-refractivity contribution in [1.29, 1.82) is 0 Å². The van der Waals surface area contributed by atoms with E-state index in [4.69, 9.17) is 16.2 Å². The standard InChI is InChI=1S/C21H33IN6O8/c1-10(29)16-21(33)25-14(18(24)30)5-7-36-17-12(8-11(28(34)35)9-13(17)22)19(31)26-15(20(32)27-16)4-2-3-6-23/h8-10,14-16,18-19,26,29-31H,2-7,23-24H2,1H3,(H,25,33)(H,27,32). The first-order valence-electron chi connectivity index (χ1n) is 11.4. The lowest BCUT2D eigenvalue weighted by Crippen LogP contribution is -2.60. The molecule has 14 nitrogen and oxygen atoms in total. The summed E-state index contributed by atoms with van der Waals surface area (Å²) in [6.45, 7) is 1.60. The maximum Gasteiger partial charge on any atom is 0.271 e. The number of non-ortho nitro benzene ring substituents is 1. The third-order valence-electron chi connectivity index (χ3n) is 5.66. The van der Waals surface area contributed by atoms with Crippen LogP contribution in [0.1, 0.15) is 44.4 Å². The van der Waals surface area contributed by atoms with Crippen molar-refractivity contribution in [3.05, 3.63) is 31.4 Å². The number of hydrogen-bond donors (Lipinski definition) is 8. The molecule has 202 valence electrons. The monoisotopic (exact) mass is 624 g/mol. The summed E-state index contributed by atoms with van der Waals surface area (Å²) in [6, 6.07) is -1.02. The van der Waals surface area contributed by atoms with Gasteiger partial charge >= 0.3 is 0 Å². The lowest BCUT2D eigenvalue weighted by atomic mass is 10.0. The molecule has 1 aliphatic rings. The topological polar surface area (TPSA) is 235 Å². The van der Waals surface area contributed by atoms with Crippen LogP contribution >= 0.6 is 22.6 Å². The number of nitrogens with two attached hydrogens (primary N) is 2. The Morgan fingerprint density at radius 1 is 1.25 bits per heavy atom. The Kier molecular flexibility index (Phi) is 11.7. The van der Waals surface area contributed by atoms with Gasteiger partial charge in [-0.2, -0.15) is 0 Å². The van der Waals surface area contributed by atoms with E-state index in [0.717, 1.165) is 6.07 Å². The van der Waals surface area contributed by atoms with Crippen LogP contribution in [0.5, 0.6) is 5.75 Å². The fraction of sp³-hybridized carbons (Fsp3) is 0.619. The maximum absolute atomic E-state index is 13.1. The molecule has 36 heavy (non-hydrogen) atoms. The van der Waals surface area contributed by atoms with Crippen LogP contribution in [0.3, 0.4) is 0 Å². The Morgan fingerprint density at radius 3 is 2.53 bits per heavy atom. The van der Waals surface area contributed by atoms with E-state index in [1.807, 2.05) is 22.6 Å². The van der Waals surface area contributed by atoms with Crippen molar-refractivity contribution in [3.8, 4) is 5.75 Å². The first-order valence-corrected chi connectivity index (χ1v) is 12.5. The molecule has 2 amide bonds. The molecular formula is C21H33IN6O8. The Hall–Kier alpha value is -2.15. The van der Waals surface area contributed by atoms with Gasteiger partial charge in [-0.05, 0) is 48.9 Å². The van der Waals surface area contributed by atoms with Gasteiger partial charge in [-0.15, -0.1) is 0 Å². The molecule has 0 radical (unpaired) electrons. The first kappa shape index (κ1) is 30.1. The molecule has 0 aromatic heterocycles. The molecule has 0 aliphatic carbocycles. The van der Waals surface area contributed by atoms with E-state index < -0.39 is 53.4 Å². The molecule has 0 spiro atoms. The fourth-order valence-corrected chi connectivity index (χ4v) is 4.46. The van der Waals surface area contributed by atoms with Crippen LogP contribution < -0.4 is 32.2 Å². The van der Waals surface area contributed by atoms with Crippen molar-refractivity contribution in [2.75, 3.05) is 13.2 Å². The molecule has 6 atom stereocenters. The van der Waals surface area contributed by atoms with Crippen molar-refractivity contribution in [3.63, 3.8) is 0 Å². The van der Waals surface area contributed by atoms with E-state index >= 15 is 0 Å². The predicted molar refractivity (Wildman–Crippen MR) is 136 cm³/mol. The third-order valence-corrected chi connectivity index (χ3v) is 6.46. The minimum absolute atomic E-state index is 0.0155. The number of carbonyl (C=O) groups is 2. The smallest absolute Gasteiger partial charge is 0.271 e. The van der Waals surface area contributed by atoms with E-state index in [-0.39, 0.29) is 36.4 Å². The number of aliphatic hydroxyl groups is 3. The molecule has 2 rings (SSSR count). The SMILES string of the molecule is CC(O)C1NC(=O)C(CCCCN)NC(O)c2cc([N+](=O)[O-])cc(I)c2OCCC(C(N)O)NC1=O. The second kappa shape index (κ2) is 14.0. The molecule has 1 aromatic rings. The second-order valence-electron chi connectivity index (χ2n) is 8.48. The zero-order valence-electron chi connectivity index (χ0n) is 19.7. The highest BCUT2D eigenvalue weighted by Crippen LogP contribution is 2.34. The van der Waals surface area contributed by atoms with Gasteiger partial charge in [0.2, 0.25) is 11.8 Å². The molecule has 0 bridgehead atoms. The van der Waals surface area contributed by atoms with Crippen LogP contribution in [0.4, 0.5) is 5.69 Å². The minimum Gasteiger partial charge on any atom is -0.492 e. The number of rotatable bonds is 7. The largest absolute Gasteiger partial charge is 0.492 e. The minimum atomic E-state index is -1.56. The van der Waals surface area contributed by atoms with Crippen LogP contribution in [-0.4, -0.2) is 75.7 Å². The van der Waals surface area contributed by atoms with Crippen molar-refractivity contribution < 1.29 is 34.6 Å². The molecule has 0 fully saturated rings. The van der Waals surface area contributed by atoms with Gasteiger partial charge < -0.3 is 42.2 Å². The van der Waals surface area contributed by atoms with E-state index in [1.54, 1.807) is 0 Å². The van der Waals surface area contributed by atoms with Gasteiger partial charge in [0.1, 0.15) is 24.2 Å². The van der Waals surface area contributed by atoms with Crippen LogP contribution in [0, 0.1) is 13.7 Å². The summed E-state index contributed by atoms with van der Waals surface area (Å²) in [4.78, 5) is 36.8. The number of nitro groups is 1. The van der Waals surface area contributed by atoms with Crippen molar-refractivity contribution >= 4 is 40.1 Å². The summed E-state index contributed by atoms with van der Waals surface area (Å²) in [5.74, 6) is -1.33. The van der Waals surface area contributed by atoms with Gasteiger partial charge in [-0.1, -0.05) is 6.42 Å². The lowest BCUT2D eigenvalue weighted by Gasteiger charge is -2.30. The number of nitrogens with one attached hydrogen (secondary N) is 3.